The topological polar surface area (TPSA) is 124 Å². The monoisotopic (exact) mass is 491 g/mol. The van der Waals surface area contributed by atoms with E-state index in [-0.39, 0.29) is 12.5 Å². The number of rotatable bonds is 7. The number of nitrogens with two attached hydrogens (primary N) is 1. The predicted octanol–water partition coefficient (Wildman–Crippen LogP) is 4.99. The molecule has 0 aliphatic heterocycles. The van der Waals surface area contributed by atoms with E-state index >= 15 is 0 Å². The van der Waals surface area contributed by atoms with E-state index in [0.29, 0.717) is 22.8 Å². The summed E-state index contributed by atoms with van der Waals surface area (Å²) in [6.07, 6.45) is 1.30. The van der Waals surface area contributed by atoms with Crippen LogP contribution in [0.15, 0.2) is 60.8 Å². The molecule has 182 valence electrons. The van der Waals surface area contributed by atoms with Crippen molar-refractivity contribution >= 4 is 40.2 Å². The van der Waals surface area contributed by atoms with Crippen LogP contribution in [0.25, 0.3) is 21.5 Å². The minimum atomic E-state index is -1.02. The number of aromatic amines is 1. The number of nitrogens with one attached hydrogen (secondary N) is 2. The van der Waals surface area contributed by atoms with E-state index in [4.69, 9.17) is 5.73 Å². The van der Waals surface area contributed by atoms with Gasteiger partial charge >= 0.3 is 6.09 Å². The number of hydrogen-bond donors (Lipinski definition) is 4. The average Bonchev–Trinajstić information content (AvgIpc) is 3.46. The SMILES string of the molecule is CC(C)(C)N(CC(Cc1ccccc1)NC(=O)c1ccc(-c2cc(N)nc3[nH]ccc23)s1)C(=O)O. The Morgan fingerprint density at radius 2 is 1.91 bits per heavy atom. The smallest absolute Gasteiger partial charge is 0.407 e. The number of pyridine rings is 1. The van der Waals surface area contributed by atoms with Crippen molar-refractivity contribution in [2.45, 2.75) is 38.8 Å². The van der Waals surface area contributed by atoms with Gasteiger partial charge in [0.25, 0.3) is 5.91 Å². The van der Waals surface area contributed by atoms with E-state index in [1.54, 1.807) is 18.3 Å². The number of fused-ring (bicyclic) bond motifs is 1. The number of benzene rings is 1. The quantitative estimate of drug-likeness (QED) is 0.290. The predicted molar refractivity (Wildman–Crippen MR) is 140 cm³/mol. The first-order chi connectivity index (χ1) is 16.6. The van der Waals surface area contributed by atoms with E-state index < -0.39 is 17.7 Å². The molecule has 8 nitrogen and oxygen atoms in total. The number of nitrogen functional groups attached to an aromatic ring is 1. The van der Waals surface area contributed by atoms with Crippen molar-refractivity contribution < 1.29 is 14.7 Å². The summed E-state index contributed by atoms with van der Waals surface area (Å²) in [5, 5.41) is 13.8. The molecule has 0 aliphatic carbocycles. The van der Waals surface area contributed by atoms with E-state index in [1.165, 1.54) is 16.2 Å². The van der Waals surface area contributed by atoms with Crippen LogP contribution in [0.4, 0.5) is 10.6 Å². The Kier molecular flexibility index (Phi) is 6.79. The van der Waals surface area contributed by atoms with Gasteiger partial charge in [0, 0.05) is 34.1 Å². The van der Waals surface area contributed by atoms with Crippen LogP contribution >= 0.6 is 11.3 Å². The number of amides is 2. The summed E-state index contributed by atoms with van der Waals surface area (Å²) in [6.45, 7) is 5.70. The second-order valence-electron chi connectivity index (χ2n) is 9.42. The Morgan fingerprint density at radius 1 is 1.17 bits per heavy atom. The van der Waals surface area contributed by atoms with Crippen LogP contribution in [-0.4, -0.2) is 50.1 Å². The first-order valence-electron chi connectivity index (χ1n) is 11.3. The Labute approximate surface area is 207 Å². The summed E-state index contributed by atoms with van der Waals surface area (Å²) in [4.78, 5) is 35.4. The fraction of sp³-hybridized carbons (Fsp3) is 0.269. The molecule has 0 spiro atoms. The lowest BCUT2D eigenvalue weighted by Gasteiger charge is -2.36. The molecule has 4 rings (SSSR count). The van der Waals surface area contributed by atoms with E-state index in [9.17, 15) is 14.7 Å². The number of carboxylic acid groups (broad SMARTS) is 1. The third-order valence-corrected chi connectivity index (χ3v) is 6.86. The molecule has 0 radical (unpaired) electrons. The minimum absolute atomic E-state index is 0.169. The standard InChI is InChI=1S/C26H29N5O3S/c1-26(2,3)31(25(33)34)15-17(13-16-7-5-4-6-8-16)29-24(32)21-10-9-20(35-21)19-14-22(27)30-23-18(19)11-12-28-23/h4-12,14,17H,13,15H2,1-3H3,(H,29,32)(H,33,34)(H3,27,28,30). The van der Waals surface area contributed by atoms with Gasteiger partial charge < -0.3 is 26.0 Å². The van der Waals surface area contributed by atoms with Gasteiger partial charge in [-0.1, -0.05) is 30.3 Å². The van der Waals surface area contributed by atoms with Crippen molar-refractivity contribution in [1.82, 2.24) is 20.2 Å². The summed E-state index contributed by atoms with van der Waals surface area (Å²) >= 11 is 1.36. The molecule has 3 aromatic heterocycles. The van der Waals surface area contributed by atoms with Crippen LogP contribution in [-0.2, 0) is 6.42 Å². The first-order valence-corrected chi connectivity index (χ1v) is 12.1. The highest BCUT2D eigenvalue weighted by molar-refractivity contribution is 7.17. The van der Waals surface area contributed by atoms with Gasteiger partial charge in [-0.2, -0.15) is 0 Å². The Morgan fingerprint density at radius 3 is 2.60 bits per heavy atom. The summed E-state index contributed by atoms with van der Waals surface area (Å²) in [5.41, 5.74) is 7.99. The highest BCUT2D eigenvalue weighted by Crippen LogP contribution is 2.34. The van der Waals surface area contributed by atoms with Crippen LogP contribution in [0, 0.1) is 0 Å². The molecule has 1 aromatic carbocycles. The molecular formula is C26H29N5O3S. The second kappa shape index (κ2) is 9.79. The fourth-order valence-electron chi connectivity index (χ4n) is 4.04. The second-order valence-corrected chi connectivity index (χ2v) is 10.5. The molecule has 0 aliphatic rings. The van der Waals surface area contributed by atoms with Gasteiger partial charge in [0.2, 0.25) is 0 Å². The van der Waals surface area contributed by atoms with Crippen LogP contribution < -0.4 is 11.1 Å². The van der Waals surface area contributed by atoms with Gasteiger partial charge in [0.05, 0.1) is 10.9 Å². The Hall–Kier alpha value is -3.85. The molecular weight excluding hydrogens is 462 g/mol. The van der Waals surface area contributed by atoms with Gasteiger partial charge in [-0.15, -0.1) is 11.3 Å². The molecule has 2 amide bonds. The van der Waals surface area contributed by atoms with Crippen LogP contribution in [0.3, 0.4) is 0 Å². The summed E-state index contributed by atoms with van der Waals surface area (Å²) in [5.74, 6) is 0.155. The molecule has 3 heterocycles. The summed E-state index contributed by atoms with van der Waals surface area (Å²) < 4.78 is 0. The number of thiophene rings is 1. The molecule has 4 aromatic rings. The van der Waals surface area contributed by atoms with E-state index in [0.717, 1.165) is 21.4 Å². The molecule has 1 atom stereocenters. The zero-order valence-electron chi connectivity index (χ0n) is 19.9. The van der Waals surface area contributed by atoms with E-state index in [2.05, 4.69) is 15.3 Å². The maximum absolute atomic E-state index is 13.3. The van der Waals surface area contributed by atoms with Crippen molar-refractivity contribution in [2.24, 2.45) is 0 Å². The highest BCUT2D eigenvalue weighted by atomic mass is 32.1. The molecule has 0 saturated carbocycles. The number of aromatic nitrogens is 2. The lowest BCUT2D eigenvalue weighted by atomic mass is 10.0. The number of hydrogen-bond acceptors (Lipinski definition) is 5. The van der Waals surface area contributed by atoms with Crippen molar-refractivity contribution in [3.05, 3.63) is 71.2 Å². The van der Waals surface area contributed by atoms with Crippen molar-refractivity contribution in [3.63, 3.8) is 0 Å². The van der Waals surface area contributed by atoms with E-state index in [1.807, 2.05) is 63.2 Å². The molecule has 1 unspecified atom stereocenters. The Balaban J connectivity index is 1.58. The zero-order valence-corrected chi connectivity index (χ0v) is 20.7. The van der Waals surface area contributed by atoms with Crippen molar-refractivity contribution in [2.75, 3.05) is 12.3 Å². The molecule has 0 fully saturated rings. The van der Waals surface area contributed by atoms with Crippen molar-refractivity contribution in [3.8, 4) is 10.4 Å². The summed E-state index contributed by atoms with van der Waals surface area (Å²) in [6, 6.07) is 16.7. The molecule has 5 N–H and O–H groups in total. The van der Waals surface area contributed by atoms with Gasteiger partial charge in [-0.25, -0.2) is 9.78 Å². The number of carbonyl (C=O) groups excluding carboxylic acids is 1. The molecule has 0 saturated heterocycles. The Bertz CT molecular complexity index is 1340. The van der Waals surface area contributed by atoms with Crippen molar-refractivity contribution in [1.29, 1.82) is 0 Å². The zero-order chi connectivity index (χ0) is 25.2. The molecule has 0 bridgehead atoms. The van der Waals surface area contributed by atoms with Crippen LogP contribution in [0.1, 0.15) is 36.0 Å². The molecule has 9 heteroatoms. The number of nitrogens with zero attached hydrogens (tertiary/aromatic N) is 2. The van der Waals surface area contributed by atoms with Gasteiger partial charge in [0.15, 0.2) is 0 Å². The van der Waals surface area contributed by atoms with Crippen LogP contribution in [0.5, 0.6) is 0 Å². The molecule has 35 heavy (non-hydrogen) atoms. The average molecular weight is 492 g/mol. The summed E-state index contributed by atoms with van der Waals surface area (Å²) in [7, 11) is 0. The third kappa shape index (κ3) is 5.63. The van der Waals surface area contributed by atoms with Gasteiger partial charge in [-0.05, 0) is 57.0 Å². The lowest BCUT2D eigenvalue weighted by molar-refractivity contribution is 0.0824. The lowest BCUT2D eigenvalue weighted by Crippen LogP contribution is -2.53. The first kappa shape index (κ1) is 24.3. The highest BCUT2D eigenvalue weighted by Gasteiger charge is 2.30. The fourth-order valence-corrected chi connectivity index (χ4v) is 4.98. The van der Waals surface area contributed by atoms with Gasteiger partial charge in [0.1, 0.15) is 11.5 Å². The maximum atomic E-state index is 13.3. The minimum Gasteiger partial charge on any atom is -0.465 e. The largest absolute Gasteiger partial charge is 0.465 e. The normalized spacial score (nSPS) is 12.4. The van der Waals surface area contributed by atoms with Crippen LogP contribution in [0.2, 0.25) is 0 Å². The third-order valence-electron chi connectivity index (χ3n) is 5.75. The number of anilines is 1. The maximum Gasteiger partial charge on any atom is 0.407 e. The van der Waals surface area contributed by atoms with Gasteiger partial charge in [-0.3, -0.25) is 4.79 Å². The number of H-pyrrole nitrogens is 1. The number of carbonyl (C=O) groups is 2.